The Balaban J connectivity index is 0.000000342. The van der Waals surface area contributed by atoms with Gasteiger partial charge in [0, 0.05) is 7.11 Å². The average molecular weight is 272 g/mol. The van der Waals surface area contributed by atoms with Crippen LogP contribution in [0.15, 0.2) is 0 Å². The maximum Gasteiger partial charge on any atom is 0.310 e. The lowest BCUT2D eigenvalue weighted by atomic mass is 9.74. The van der Waals surface area contributed by atoms with Crippen molar-refractivity contribution in [2.75, 3.05) is 13.9 Å². The molecule has 114 valence electrons. The van der Waals surface area contributed by atoms with Crippen LogP contribution in [0, 0.1) is 11.3 Å². The number of esters is 1. The number of methoxy groups -OCH3 is 1. The number of carbonyl (C=O) groups is 1. The molecule has 19 heavy (non-hydrogen) atoms. The zero-order valence-electron chi connectivity index (χ0n) is 13.5. The van der Waals surface area contributed by atoms with Gasteiger partial charge < -0.3 is 9.47 Å². The van der Waals surface area contributed by atoms with Crippen LogP contribution in [0.1, 0.15) is 72.6 Å². The Morgan fingerprint density at radius 3 is 2.16 bits per heavy atom. The summed E-state index contributed by atoms with van der Waals surface area (Å²) in [6.07, 6.45) is 9.58. The van der Waals surface area contributed by atoms with Crippen molar-refractivity contribution < 1.29 is 14.3 Å². The summed E-state index contributed by atoms with van der Waals surface area (Å²) in [5, 5.41) is 0. The van der Waals surface area contributed by atoms with Gasteiger partial charge in [-0.15, -0.1) is 0 Å². The molecule has 0 N–H and O–H groups in total. The molecule has 1 aliphatic carbocycles. The van der Waals surface area contributed by atoms with Crippen molar-refractivity contribution in [3.05, 3.63) is 0 Å². The lowest BCUT2D eigenvalue weighted by Gasteiger charge is -2.32. The van der Waals surface area contributed by atoms with E-state index in [9.17, 15) is 4.79 Å². The van der Waals surface area contributed by atoms with E-state index in [4.69, 9.17) is 0 Å². The quantitative estimate of drug-likeness (QED) is 0.544. The fourth-order valence-corrected chi connectivity index (χ4v) is 2.18. The normalized spacial score (nSPS) is 19.0. The molecule has 1 rings (SSSR count). The number of rotatable bonds is 5. The highest BCUT2D eigenvalue weighted by Gasteiger charge is 2.23. The molecule has 0 heterocycles. The smallest absolute Gasteiger partial charge is 0.310 e. The monoisotopic (exact) mass is 272 g/mol. The Morgan fingerprint density at radius 2 is 1.79 bits per heavy atom. The summed E-state index contributed by atoms with van der Waals surface area (Å²) in [6.45, 7) is 8.59. The number of carbonyl (C=O) groups excluding carboxylic acids is 1. The third-order valence-corrected chi connectivity index (χ3v) is 4.25. The molecule has 1 atom stereocenters. The van der Waals surface area contributed by atoms with Gasteiger partial charge in [0.05, 0.1) is 5.92 Å². The molecule has 1 fully saturated rings. The molecule has 0 amide bonds. The van der Waals surface area contributed by atoms with Gasteiger partial charge in [-0.2, -0.15) is 0 Å². The highest BCUT2D eigenvalue weighted by atomic mass is 16.7. The molecule has 0 radical (unpaired) electrons. The summed E-state index contributed by atoms with van der Waals surface area (Å²) in [4.78, 5) is 10.8. The third kappa shape index (κ3) is 8.25. The highest BCUT2D eigenvalue weighted by molar-refractivity contribution is 5.71. The second-order valence-electron chi connectivity index (χ2n) is 5.90. The van der Waals surface area contributed by atoms with Gasteiger partial charge in [0.1, 0.15) is 0 Å². The third-order valence-electron chi connectivity index (χ3n) is 4.25. The van der Waals surface area contributed by atoms with Crippen molar-refractivity contribution in [1.82, 2.24) is 0 Å². The number of hydrogen-bond acceptors (Lipinski definition) is 3. The Morgan fingerprint density at radius 1 is 1.21 bits per heavy atom. The average Bonchev–Trinajstić information content (AvgIpc) is 2.45. The molecule has 1 saturated carbocycles. The van der Waals surface area contributed by atoms with Crippen LogP contribution < -0.4 is 0 Å². The first-order chi connectivity index (χ1) is 8.99. The summed E-state index contributed by atoms with van der Waals surface area (Å²) in [7, 11) is 1.49. The zero-order valence-corrected chi connectivity index (χ0v) is 13.5. The van der Waals surface area contributed by atoms with E-state index in [0.717, 1.165) is 11.8 Å². The molecule has 3 nitrogen and oxygen atoms in total. The predicted octanol–water partition coefficient (Wildman–Crippen LogP) is 4.55. The Kier molecular flexibility index (Phi) is 9.94. The number of hydrogen-bond donors (Lipinski definition) is 0. The standard InChI is InChI=1S/C9H18.C7H14O3/c1-3-9(2)7-5-4-6-8-9;1-4-6(2)7(8)10-5-9-3/h3-8H2,1-2H3;6H,4-5H2,1-3H3. The van der Waals surface area contributed by atoms with Gasteiger partial charge in [-0.25, -0.2) is 0 Å². The van der Waals surface area contributed by atoms with E-state index in [1.54, 1.807) is 0 Å². The Hall–Kier alpha value is -0.570. The minimum absolute atomic E-state index is 0.0184. The van der Waals surface area contributed by atoms with E-state index in [0.29, 0.717) is 0 Å². The molecule has 0 aromatic heterocycles. The van der Waals surface area contributed by atoms with Gasteiger partial charge >= 0.3 is 5.97 Å². The van der Waals surface area contributed by atoms with E-state index in [-0.39, 0.29) is 18.7 Å². The van der Waals surface area contributed by atoms with E-state index >= 15 is 0 Å². The summed E-state index contributed by atoms with van der Waals surface area (Å²) in [6, 6.07) is 0. The minimum atomic E-state index is -0.190. The summed E-state index contributed by atoms with van der Waals surface area (Å²) < 4.78 is 9.25. The van der Waals surface area contributed by atoms with E-state index in [1.165, 1.54) is 45.6 Å². The predicted molar refractivity (Wildman–Crippen MR) is 78.9 cm³/mol. The van der Waals surface area contributed by atoms with E-state index in [2.05, 4.69) is 23.3 Å². The van der Waals surface area contributed by atoms with Crippen LogP contribution in [-0.4, -0.2) is 19.9 Å². The minimum Gasteiger partial charge on any atom is -0.438 e. The van der Waals surface area contributed by atoms with Gasteiger partial charge in [-0.05, 0) is 24.7 Å². The summed E-state index contributed by atoms with van der Waals surface area (Å²) >= 11 is 0. The molecule has 3 heteroatoms. The van der Waals surface area contributed by atoms with Crippen molar-refractivity contribution in [2.45, 2.75) is 72.6 Å². The van der Waals surface area contributed by atoms with Crippen LogP contribution in [0.4, 0.5) is 0 Å². The molecular weight excluding hydrogens is 240 g/mol. The first kappa shape index (κ1) is 18.4. The molecule has 0 spiro atoms. The fourth-order valence-electron chi connectivity index (χ4n) is 2.18. The fraction of sp³-hybridized carbons (Fsp3) is 0.938. The molecule has 1 unspecified atom stereocenters. The summed E-state index contributed by atoms with van der Waals surface area (Å²) in [5.41, 5.74) is 0.720. The van der Waals surface area contributed by atoms with Crippen molar-refractivity contribution >= 4 is 5.97 Å². The van der Waals surface area contributed by atoms with Gasteiger partial charge in [-0.3, -0.25) is 4.79 Å². The lowest BCUT2D eigenvalue weighted by molar-refractivity contribution is -0.158. The van der Waals surface area contributed by atoms with Crippen LogP contribution in [-0.2, 0) is 14.3 Å². The molecular formula is C16H32O3. The second-order valence-corrected chi connectivity index (χ2v) is 5.90. The lowest BCUT2D eigenvalue weighted by Crippen LogP contribution is -2.18. The molecule has 0 saturated heterocycles. The first-order valence-corrected chi connectivity index (χ1v) is 7.64. The van der Waals surface area contributed by atoms with Crippen molar-refractivity contribution in [3.8, 4) is 0 Å². The van der Waals surface area contributed by atoms with Crippen LogP contribution in [0.2, 0.25) is 0 Å². The van der Waals surface area contributed by atoms with Crippen molar-refractivity contribution in [2.24, 2.45) is 11.3 Å². The van der Waals surface area contributed by atoms with Crippen LogP contribution in [0.25, 0.3) is 0 Å². The van der Waals surface area contributed by atoms with Crippen molar-refractivity contribution in [3.63, 3.8) is 0 Å². The van der Waals surface area contributed by atoms with Crippen LogP contribution in [0.5, 0.6) is 0 Å². The molecule has 0 aromatic rings. The summed E-state index contributed by atoms with van der Waals surface area (Å²) in [5.74, 6) is -0.209. The molecule has 0 aromatic carbocycles. The SMILES string of the molecule is CCC(C)C(=O)OCOC.CCC1(C)CCCCC1. The van der Waals surface area contributed by atoms with Crippen LogP contribution >= 0.6 is 0 Å². The van der Waals surface area contributed by atoms with Crippen LogP contribution in [0.3, 0.4) is 0 Å². The molecule has 1 aliphatic rings. The van der Waals surface area contributed by atoms with Gasteiger partial charge in [0.15, 0.2) is 6.79 Å². The Bertz CT molecular complexity index is 232. The maximum absolute atomic E-state index is 10.8. The molecule has 0 bridgehead atoms. The van der Waals surface area contributed by atoms with Gasteiger partial charge in [-0.1, -0.05) is 53.4 Å². The van der Waals surface area contributed by atoms with Gasteiger partial charge in [0.2, 0.25) is 0 Å². The first-order valence-electron chi connectivity index (χ1n) is 7.64. The topological polar surface area (TPSA) is 35.5 Å². The second kappa shape index (κ2) is 10.2. The van der Waals surface area contributed by atoms with Gasteiger partial charge in [0.25, 0.3) is 0 Å². The Labute approximate surface area is 119 Å². The van der Waals surface area contributed by atoms with E-state index < -0.39 is 0 Å². The van der Waals surface area contributed by atoms with E-state index in [1.807, 2.05) is 13.8 Å². The maximum atomic E-state index is 10.8. The van der Waals surface area contributed by atoms with Crippen molar-refractivity contribution in [1.29, 1.82) is 0 Å². The number of ether oxygens (including phenoxy) is 2. The zero-order chi connectivity index (χ0) is 14.7. The largest absolute Gasteiger partial charge is 0.438 e. The molecule has 0 aliphatic heterocycles. The highest BCUT2D eigenvalue weighted by Crippen LogP contribution is 2.38.